The summed E-state index contributed by atoms with van der Waals surface area (Å²) in [7, 11) is 0. The predicted octanol–water partition coefficient (Wildman–Crippen LogP) is 10.9. The van der Waals surface area contributed by atoms with Crippen molar-refractivity contribution in [1.29, 1.82) is 0 Å². The molecular weight excluding hydrogens is 444 g/mol. The topological polar surface area (TPSA) is 43.4 Å². The molecule has 36 heavy (non-hydrogen) atoms. The maximum absolute atomic E-state index is 12.5. The molecule has 0 radical (unpaired) electrons. The summed E-state index contributed by atoms with van der Waals surface area (Å²) in [5.74, 6) is 0.773. The van der Waals surface area contributed by atoms with Crippen molar-refractivity contribution >= 4 is 11.8 Å². The standard InChI is InChI=1S/C33H64O3/c1-4-7-10-13-15-16-17-20-23-29-36-33(35)30-31(25-21-19-14-11-8-5-2)26-24-28-32(34)27-22-18-12-9-6-3/h31H,4-30H2,1-3H3. The Balaban J connectivity index is 4.10. The highest BCUT2D eigenvalue weighted by molar-refractivity contribution is 5.78. The third kappa shape index (κ3) is 26.2. The lowest BCUT2D eigenvalue weighted by atomic mass is 9.91. The fraction of sp³-hybridized carbons (Fsp3) is 0.939. The number of hydrogen-bond donors (Lipinski definition) is 0. The van der Waals surface area contributed by atoms with E-state index in [0.29, 0.717) is 31.1 Å². The zero-order valence-electron chi connectivity index (χ0n) is 24.9. The molecule has 0 amide bonds. The number of rotatable bonds is 29. The van der Waals surface area contributed by atoms with Gasteiger partial charge < -0.3 is 4.74 Å². The lowest BCUT2D eigenvalue weighted by Gasteiger charge is -2.16. The fourth-order valence-corrected chi connectivity index (χ4v) is 5.09. The largest absolute Gasteiger partial charge is 0.466 e. The van der Waals surface area contributed by atoms with Gasteiger partial charge in [-0.3, -0.25) is 9.59 Å². The van der Waals surface area contributed by atoms with Crippen LogP contribution in [0.5, 0.6) is 0 Å². The molecule has 0 aliphatic carbocycles. The molecule has 0 aromatic rings. The highest BCUT2D eigenvalue weighted by Crippen LogP contribution is 2.22. The molecule has 0 rings (SSSR count). The Labute approximate surface area is 226 Å². The second-order valence-electron chi connectivity index (χ2n) is 11.3. The smallest absolute Gasteiger partial charge is 0.306 e. The van der Waals surface area contributed by atoms with Gasteiger partial charge in [0, 0.05) is 19.3 Å². The minimum Gasteiger partial charge on any atom is -0.466 e. The van der Waals surface area contributed by atoms with Crippen molar-refractivity contribution in [3.8, 4) is 0 Å². The Morgan fingerprint density at radius 2 is 0.917 bits per heavy atom. The zero-order chi connectivity index (χ0) is 26.5. The van der Waals surface area contributed by atoms with Crippen LogP contribution in [0.4, 0.5) is 0 Å². The van der Waals surface area contributed by atoms with E-state index in [4.69, 9.17) is 4.74 Å². The monoisotopic (exact) mass is 508 g/mol. The van der Waals surface area contributed by atoms with Crippen molar-refractivity contribution in [2.45, 2.75) is 188 Å². The first kappa shape index (κ1) is 35.1. The van der Waals surface area contributed by atoms with Gasteiger partial charge in [0.05, 0.1) is 6.61 Å². The second kappa shape index (κ2) is 28.7. The SMILES string of the molecule is CCCCCCCCCCCOC(=O)CC(CCCCCCCC)CCCC(=O)CCCCCCC. The third-order valence-corrected chi connectivity index (χ3v) is 7.56. The van der Waals surface area contributed by atoms with Gasteiger partial charge >= 0.3 is 5.97 Å². The van der Waals surface area contributed by atoms with Crippen LogP contribution in [0.3, 0.4) is 0 Å². The van der Waals surface area contributed by atoms with Crippen LogP contribution in [-0.4, -0.2) is 18.4 Å². The van der Waals surface area contributed by atoms with E-state index in [9.17, 15) is 9.59 Å². The average molecular weight is 509 g/mol. The molecule has 0 aromatic heterocycles. The first-order chi connectivity index (χ1) is 17.6. The Hall–Kier alpha value is -0.860. The van der Waals surface area contributed by atoms with Gasteiger partial charge in [-0.1, -0.05) is 136 Å². The van der Waals surface area contributed by atoms with Gasteiger partial charge in [0.2, 0.25) is 0 Å². The number of ketones is 1. The molecule has 0 aliphatic heterocycles. The summed E-state index contributed by atoms with van der Waals surface area (Å²) in [6.07, 6.45) is 30.2. The summed E-state index contributed by atoms with van der Waals surface area (Å²) in [5.41, 5.74) is 0. The van der Waals surface area contributed by atoms with Crippen LogP contribution < -0.4 is 0 Å². The predicted molar refractivity (Wildman–Crippen MR) is 157 cm³/mol. The number of carbonyl (C=O) groups excluding carboxylic acids is 2. The van der Waals surface area contributed by atoms with E-state index in [-0.39, 0.29) is 5.97 Å². The highest BCUT2D eigenvalue weighted by atomic mass is 16.5. The first-order valence-corrected chi connectivity index (χ1v) is 16.3. The van der Waals surface area contributed by atoms with Gasteiger partial charge in [-0.05, 0) is 38.0 Å². The van der Waals surface area contributed by atoms with Gasteiger partial charge in [-0.15, -0.1) is 0 Å². The molecule has 0 N–H and O–H groups in total. The summed E-state index contributed by atoms with van der Waals surface area (Å²) < 4.78 is 5.60. The fourth-order valence-electron chi connectivity index (χ4n) is 5.09. The molecule has 0 bridgehead atoms. The van der Waals surface area contributed by atoms with Gasteiger partial charge in [-0.2, -0.15) is 0 Å². The number of carbonyl (C=O) groups is 2. The van der Waals surface area contributed by atoms with E-state index < -0.39 is 0 Å². The van der Waals surface area contributed by atoms with Crippen molar-refractivity contribution in [3.05, 3.63) is 0 Å². The number of ether oxygens (including phenoxy) is 1. The molecule has 3 nitrogen and oxygen atoms in total. The van der Waals surface area contributed by atoms with E-state index in [0.717, 1.165) is 38.5 Å². The molecule has 0 saturated carbocycles. The number of Topliss-reactive ketones (excluding diaryl/α,β-unsaturated/α-hetero) is 1. The Bertz CT molecular complexity index is 474. The van der Waals surface area contributed by atoms with Crippen molar-refractivity contribution in [2.75, 3.05) is 6.61 Å². The number of hydrogen-bond acceptors (Lipinski definition) is 3. The normalized spacial score (nSPS) is 12.1. The summed E-state index contributed by atoms with van der Waals surface area (Å²) in [6.45, 7) is 7.31. The average Bonchev–Trinajstić information content (AvgIpc) is 2.87. The summed E-state index contributed by atoms with van der Waals surface area (Å²) in [5, 5.41) is 0. The maximum Gasteiger partial charge on any atom is 0.306 e. The molecule has 1 unspecified atom stereocenters. The van der Waals surface area contributed by atoms with E-state index in [1.807, 2.05) is 0 Å². The van der Waals surface area contributed by atoms with Crippen molar-refractivity contribution in [1.82, 2.24) is 0 Å². The molecule has 3 heteroatoms. The Morgan fingerprint density at radius 3 is 1.47 bits per heavy atom. The highest BCUT2D eigenvalue weighted by Gasteiger charge is 2.16. The van der Waals surface area contributed by atoms with Crippen LogP contribution in [-0.2, 0) is 14.3 Å². The van der Waals surface area contributed by atoms with Crippen molar-refractivity contribution in [2.24, 2.45) is 5.92 Å². The molecule has 1 atom stereocenters. The van der Waals surface area contributed by atoms with E-state index in [1.54, 1.807) is 0 Å². The van der Waals surface area contributed by atoms with Crippen LogP contribution in [0.15, 0.2) is 0 Å². The molecule has 0 saturated heterocycles. The van der Waals surface area contributed by atoms with Gasteiger partial charge in [0.25, 0.3) is 0 Å². The second-order valence-corrected chi connectivity index (χ2v) is 11.3. The van der Waals surface area contributed by atoms with E-state index in [2.05, 4.69) is 20.8 Å². The number of esters is 1. The van der Waals surface area contributed by atoms with Crippen molar-refractivity contribution < 1.29 is 14.3 Å². The minimum atomic E-state index is -0.0206. The maximum atomic E-state index is 12.5. The molecule has 0 fully saturated rings. The van der Waals surface area contributed by atoms with Crippen LogP contribution >= 0.6 is 0 Å². The first-order valence-electron chi connectivity index (χ1n) is 16.3. The molecule has 0 spiro atoms. The van der Waals surface area contributed by atoms with Crippen LogP contribution in [0.25, 0.3) is 0 Å². The molecule has 0 aliphatic rings. The lowest BCUT2D eigenvalue weighted by molar-refractivity contribution is -0.145. The molecular formula is C33H64O3. The van der Waals surface area contributed by atoms with Crippen LogP contribution in [0, 0.1) is 5.92 Å². The summed E-state index contributed by atoms with van der Waals surface area (Å²) in [6, 6.07) is 0. The number of unbranched alkanes of at least 4 members (excludes halogenated alkanes) is 17. The Kier molecular flexibility index (Phi) is 28.0. The van der Waals surface area contributed by atoms with Crippen molar-refractivity contribution in [3.63, 3.8) is 0 Å². The summed E-state index contributed by atoms with van der Waals surface area (Å²) in [4.78, 5) is 24.8. The lowest BCUT2D eigenvalue weighted by Crippen LogP contribution is -2.13. The van der Waals surface area contributed by atoms with Gasteiger partial charge in [0.1, 0.15) is 5.78 Å². The van der Waals surface area contributed by atoms with Gasteiger partial charge in [-0.25, -0.2) is 0 Å². The Morgan fingerprint density at radius 1 is 0.500 bits per heavy atom. The third-order valence-electron chi connectivity index (χ3n) is 7.56. The van der Waals surface area contributed by atoms with Crippen LogP contribution in [0.2, 0.25) is 0 Å². The quantitative estimate of drug-likeness (QED) is 0.0745. The molecule has 0 aromatic carbocycles. The van der Waals surface area contributed by atoms with Gasteiger partial charge in [0.15, 0.2) is 0 Å². The molecule has 214 valence electrons. The van der Waals surface area contributed by atoms with E-state index in [1.165, 1.54) is 116 Å². The van der Waals surface area contributed by atoms with Crippen LogP contribution in [0.1, 0.15) is 188 Å². The summed E-state index contributed by atoms with van der Waals surface area (Å²) >= 11 is 0. The zero-order valence-corrected chi connectivity index (χ0v) is 24.9. The molecule has 0 heterocycles. The van der Waals surface area contributed by atoms with E-state index >= 15 is 0 Å². The minimum absolute atomic E-state index is 0.0206.